The van der Waals surface area contributed by atoms with E-state index in [1.54, 1.807) is 30.3 Å². The molecule has 1 aliphatic rings. The molecule has 0 heterocycles. The summed E-state index contributed by atoms with van der Waals surface area (Å²) in [7, 11) is 0. The van der Waals surface area contributed by atoms with E-state index in [2.05, 4.69) is 0 Å². The number of alkyl halides is 2. The number of esters is 1. The average molecular weight is 212 g/mol. The van der Waals surface area contributed by atoms with Crippen molar-refractivity contribution in [3.8, 4) is 5.75 Å². The largest absolute Gasteiger partial charge is 0.426 e. The van der Waals surface area contributed by atoms with Gasteiger partial charge in [0.1, 0.15) is 5.75 Å². The Morgan fingerprint density at radius 2 is 1.87 bits per heavy atom. The third-order valence-corrected chi connectivity index (χ3v) is 2.39. The molecule has 2 nitrogen and oxygen atoms in total. The highest BCUT2D eigenvalue weighted by Crippen LogP contribution is 2.42. The van der Waals surface area contributed by atoms with E-state index >= 15 is 0 Å². The molecular formula is C11H10F2O2. The van der Waals surface area contributed by atoms with Gasteiger partial charge in [0.05, 0.1) is 5.92 Å². The smallest absolute Gasteiger partial charge is 0.314 e. The minimum absolute atomic E-state index is 0.390. The molecule has 0 atom stereocenters. The summed E-state index contributed by atoms with van der Waals surface area (Å²) in [5, 5.41) is 0. The summed E-state index contributed by atoms with van der Waals surface area (Å²) < 4.78 is 29.9. The summed E-state index contributed by atoms with van der Waals surface area (Å²) in [5.41, 5.74) is 0. The Balaban J connectivity index is 1.89. The van der Waals surface area contributed by atoms with E-state index in [9.17, 15) is 13.6 Å². The third kappa shape index (κ3) is 2.32. The van der Waals surface area contributed by atoms with Crippen LogP contribution in [0.3, 0.4) is 0 Å². The fraction of sp³-hybridized carbons (Fsp3) is 0.364. The van der Waals surface area contributed by atoms with E-state index < -0.39 is 30.7 Å². The van der Waals surface area contributed by atoms with Gasteiger partial charge in [-0.25, -0.2) is 8.78 Å². The number of para-hydroxylation sites is 1. The molecule has 0 bridgehead atoms. The first-order valence-electron chi connectivity index (χ1n) is 4.71. The van der Waals surface area contributed by atoms with Gasteiger partial charge < -0.3 is 4.74 Å². The summed E-state index contributed by atoms with van der Waals surface area (Å²) in [6, 6.07) is 8.47. The molecule has 0 spiro atoms. The van der Waals surface area contributed by atoms with Crippen LogP contribution in [0, 0.1) is 5.92 Å². The number of carbonyl (C=O) groups is 1. The van der Waals surface area contributed by atoms with Gasteiger partial charge in [-0.15, -0.1) is 0 Å². The number of ether oxygens (including phenoxy) is 1. The zero-order chi connectivity index (χ0) is 10.9. The SMILES string of the molecule is O=C(Oc1ccccc1)C1CC(F)(F)C1. The van der Waals surface area contributed by atoms with Gasteiger partial charge in [0, 0.05) is 12.8 Å². The number of benzene rings is 1. The number of hydrogen-bond donors (Lipinski definition) is 0. The maximum absolute atomic E-state index is 12.5. The Morgan fingerprint density at radius 3 is 2.40 bits per heavy atom. The first-order chi connectivity index (χ1) is 7.07. The Hall–Kier alpha value is -1.45. The van der Waals surface area contributed by atoms with Gasteiger partial charge in [0.15, 0.2) is 0 Å². The van der Waals surface area contributed by atoms with Crippen LogP contribution < -0.4 is 4.74 Å². The van der Waals surface area contributed by atoms with Crippen LogP contribution in [0.2, 0.25) is 0 Å². The van der Waals surface area contributed by atoms with Crippen molar-refractivity contribution in [1.82, 2.24) is 0 Å². The maximum atomic E-state index is 12.5. The van der Waals surface area contributed by atoms with Crippen LogP contribution >= 0.6 is 0 Å². The summed E-state index contributed by atoms with van der Waals surface area (Å²) in [6.45, 7) is 0. The van der Waals surface area contributed by atoms with E-state index in [1.807, 2.05) is 0 Å². The number of rotatable bonds is 2. The average Bonchev–Trinajstić information content (AvgIpc) is 2.15. The van der Waals surface area contributed by atoms with Crippen molar-refractivity contribution in [2.75, 3.05) is 0 Å². The normalized spacial score (nSPS) is 19.3. The van der Waals surface area contributed by atoms with Crippen molar-refractivity contribution >= 4 is 5.97 Å². The van der Waals surface area contributed by atoms with Crippen LogP contribution in [0.5, 0.6) is 5.75 Å². The zero-order valence-corrected chi connectivity index (χ0v) is 7.95. The Kier molecular flexibility index (Phi) is 2.42. The molecule has 80 valence electrons. The lowest BCUT2D eigenvalue weighted by Gasteiger charge is -2.32. The number of halogens is 2. The van der Waals surface area contributed by atoms with Gasteiger partial charge in [-0.2, -0.15) is 0 Å². The monoisotopic (exact) mass is 212 g/mol. The molecule has 0 N–H and O–H groups in total. The third-order valence-electron chi connectivity index (χ3n) is 2.39. The van der Waals surface area contributed by atoms with Gasteiger partial charge in [0.2, 0.25) is 5.92 Å². The summed E-state index contributed by atoms with van der Waals surface area (Å²) in [5.74, 6) is -3.49. The first kappa shape index (κ1) is 10.1. The molecule has 1 aromatic carbocycles. The molecule has 0 amide bonds. The van der Waals surface area contributed by atoms with Crippen molar-refractivity contribution < 1.29 is 18.3 Å². The highest BCUT2D eigenvalue weighted by molar-refractivity contribution is 5.76. The van der Waals surface area contributed by atoms with Crippen LogP contribution in [0.25, 0.3) is 0 Å². The highest BCUT2D eigenvalue weighted by Gasteiger charge is 2.49. The van der Waals surface area contributed by atoms with Gasteiger partial charge in [-0.05, 0) is 12.1 Å². The Labute approximate surface area is 85.9 Å². The van der Waals surface area contributed by atoms with Crippen molar-refractivity contribution in [3.05, 3.63) is 30.3 Å². The molecule has 2 rings (SSSR count). The zero-order valence-electron chi connectivity index (χ0n) is 7.95. The summed E-state index contributed by atoms with van der Waals surface area (Å²) in [4.78, 5) is 11.3. The van der Waals surface area contributed by atoms with Crippen LogP contribution in [-0.4, -0.2) is 11.9 Å². The topological polar surface area (TPSA) is 26.3 Å². The predicted molar refractivity (Wildman–Crippen MR) is 49.7 cm³/mol. The van der Waals surface area contributed by atoms with Crippen molar-refractivity contribution in [2.45, 2.75) is 18.8 Å². The van der Waals surface area contributed by atoms with Crippen LogP contribution in [0.15, 0.2) is 30.3 Å². The lowest BCUT2D eigenvalue weighted by molar-refractivity contribution is -0.163. The van der Waals surface area contributed by atoms with Gasteiger partial charge in [0.25, 0.3) is 0 Å². The van der Waals surface area contributed by atoms with Crippen LogP contribution in [0.1, 0.15) is 12.8 Å². The van der Waals surface area contributed by atoms with E-state index in [4.69, 9.17) is 4.74 Å². The van der Waals surface area contributed by atoms with Crippen LogP contribution in [0.4, 0.5) is 8.78 Å². The molecule has 4 heteroatoms. The lowest BCUT2D eigenvalue weighted by atomic mass is 9.81. The number of hydrogen-bond acceptors (Lipinski definition) is 2. The molecule has 0 unspecified atom stereocenters. The molecular weight excluding hydrogens is 202 g/mol. The second-order valence-electron chi connectivity index (χ2n) is 3.70. The molecule has 0 aromatic heterocycles. The highest BCUT2D eigenvalue weighted by atomic mass is 19.3. The van der Waals surface area contributed by atoms with Crippen molar-refractivity contribution in [2.24, 2.45) is 5.92 Å². The summed E-state index contributed by atoms with van der Waals surface area (Å²) in [6.07, 6.45) is -0.780. The van der Waals surface area contributed by atoms with Gasteiger partial charge in [-0.3, -0.25) is 4.79 Å². The van der Waals surface area contributed by atoms with E-state index in [-0.39, 0.29) is 0 Å². The molecule has 1 saturated carbocycles. The minimum atomic E-state index is -2.68. The molecule has 0 radical (unpaired) electrons. The lowest BCUT2D eigenvalue weighted by Crippen LogP contribution is -2.41. The standard InChI is InChI=1S/C11H10F2O2/c12-11(13)6-8(7-11)10(14)15-9-4-2-1-3-5-9/h1-5,8H,6-7H2. The Morgan fingerprint density at radius 1 is 1.27 bits per heavy atom. The maximum Gasteiger partial charge on any atom is 0.314 e. The predicted octanol–water partition coefficient (Wildman–Crippen LogP) is 2.64. The Bertz CT molecular complexity index is 354. The fourth-order valence-corrected chi connectivity index (χ4v) is 1.52. The molecule has 0 aliphatic heterocycles. The molecule has 15 heavy (non-hydrogen) atoms. The second-order valence-corrected chi connectivity index (χ2v) is 3.70. The minimum Gasteiger partial charge on any atom is -0.426 e. The van der Waals surface area contributed by atoms with Crippen molar-refractivity contribution in [1.29, 1.82) is 0 Å². The molecule has 1 aromatic rings. The first-order valence-corrected chi connectivity index (χ1v) is 4.71. The molecule has 1 fully saturated rings. The summed E-state index contributed by atoms with van der Waals surface area (Å²) >= 11 is 0. The van der Waals surface area contributed by atoms with E-state index in [1.165, 1.54) is 0 Å². The second kappa shape index (κ2) is 3.61. The quantitative estimate of drug-likeness (QED) is 0.556. The van der Waals surface area contributed by atoms with Gasteiger partial charge >= 0.3 is 5.97 Å². The molecule has 1 aliphatic carbocycles. The van der Waals surface area contributed by atoms with Crippen LogP contribution in [-0.2, 0) is 4.79 Å². The van der Waals surface area contributed by atoms with Crippen molar-refractivity contribution in [3.63, 3.8) is 0 Å². The van der Waals surface area contributed by atoms with E-state index in [0.717, 1.165) is 0 Å². The van der Waals surface area contributed by atoms with E-state index in [0.29, 0.717) is 5.75 Å². The fourth-order valence-electron chi connectivity index (χ4n) is 1.52. The van der Waals surface area contributed by atoms with Gasteiger partial charge in [-0.1, -0.05) is 18.2 Å². The molecule has 0 saturated heterocycles. The number of carbonyl (C=O) groups excluding carboxylic acids is 1.